The number of hydrogen-bond donors (Lipinski definition) is 6. The van der Waals surface area contributed by atoms with E-state index in [0.717, 1.165) is 25.7 Å². The third kappa shape index (κ3) is 8.78. The highest BCUT2D eigenvalue weighted by Crippen LogP contribution is 2.44. The highest BCUT2D eigenvalue weighted by Gasteiger charge is 2.70. The Hall–Kier alpha value is -1.45. The third-order valence-corrected chi connectivity index (χ3v) is 10.2. The molecule has 1 rings (SSSR count). The molecule has 0 bridgehead atoms. The smallest absolute Gasteiger partial charge is 0.378 e. The molecule has 0 spiro atoms. The molecule has 0 aromatic heterocycles. The first-order valence-corrected chi connectivity index (χ1v) is 16.2. The van der Waals surface area contributed by atoms with E-state index in [2.05, 4.69) is 6.92 Å². The molecule has 0 saturated carbocycles. The van der Waals surface area contributed by atoms with Crippen molar-refractivity contribution in [3.8, 4) is 0 Å². The molecule has 1 aliphatic heterocycles. The molecule has 224 valence electrons. The number of hydrogen-bond acceptors (Lipinski definition) is 10. The maximum atomic E-state index is 11.8. The van der Waals surface area contributed by atoms with E-state index in [1.165, 1.54) is 57.8 Å². The molecule has 0 amide bonds. The Morgan fingerprint density at radius 1 is 0.737 bits per heavy atom. The van der Waals surface area contributed by atoms with Crippen molar-refractivity contribution < 1.29 is 55.9 Å². The summed E-state index contributed by atoms with van der Waals surface area (Å²) in [6.45, 7) is 2.21. The fourth-order valence-corrected chi connectivity index (χ4v) is 6.71. The van der Waals surface area contributed by atoms with Crippen LogP contribution in [0.25, 0.3) is 0 Å². The molecule has 0 aliphatic carbocycles. The van der Waals surface area contributed by atoms with Crippen LogP contribution in [0.3, 0.4) is 0 Å². The van der Waals surface area contributed by atoms with E-state index >= 15 is 0 Å². The van der Waals surface area contributed by atoms with Gasteiger partial charge in [0, 0.05) is 0 Å². The summed E-state index contributed by atoms with van der Waals surface area (Å²) in [5, 5.41) is 40.6. The number of carbonyl (C=O) groups excluding carboxylic acids is 1. The Morgan fingerprint density at radius 2 is 1.08 bits per heavy atom. The minimum absolute atomic E-state index is 0.0347. The van der Waals surface area contributed by atoms with E-state index in [4.69, 9.17) is 4.74 Å². The zero-order valence-corrected chi connectivity index (χ0v) is 23.7. The normalized spacial score (nSPS) is 19.7. The van der Waals surface area contributed by atoms with E-state index < -0.39 is 60.1 Å². The van der Waals surface area contributed by atoms with E-state index in [0.29, 0.717) is 12.8 Å². The lowest BCUT2D eigenvalue weighted by atomic mass is 9.88. The van der Waals surface area contributed by atoms with Crippen LogP contribution >= 0.6 is 0 Å². The van der Waals surface area contributed by atoms with Crippen LogP contribution < -0.4 is 0 Å². The lowest BCUT2D eigenvalue weighted by molar-refractivity contribution is -0.170. The van der Waals surface area contributed by atoms with Gasteiger partial charge in [-0.25, -0.2) is 4.79 Å². The van der Waals surface area contributed by atoms with Crippen molar-refractivity contribution in [2.24, 2.45) is 0 Å². The Bertz CT molecular complexity index is 958. The predicted molar refractivity (Wildman–Crippen MR) is 139 cm³/mol. The summed E-state index contributed by atoms with van der Waals surface area (Å²) < 4.78 is 65.1. The van der Waals surface area contributed by atoms with Gasteiger partial charge in [0.1, 0.15) is 0 Å². The molecule has 12 nitrogen and oxygen atoms in total. The first kappa shape index (κ1) is 34.6. The van der Waals surface area contributed by atoms with Gasteiger partial charge in [-0.15, -0.1) is 0 Å². The second-order valence-corrected chi connectivity index (χ2v) is 13.4. The number of rotatable bonds is 21. The number of aliphatic hydroxyl groups is 4. The van der Waals surface area contributed by atoms with Gasteiger partial charge in [0.05, 0.1) is 0 Å². The van der Waals surface area contributed by atoms with Crippen LogP contribution in [0, 0.1) is 0 Å². The summed E-state index contributed by atoms with van der Waals surface area (Å²) >= 11 is 0. The number of cyclic esters (lactones) is 1. The monoisotopic (exact) mass is 588 g/mol. The summed E-state index contributed by atoms with van der Waals surface area (Å²) in [5.41, 5.74) is -2.95. The first-order valence-electron chi connectivity index (χ1n) is 13.4. The van der Waals surface area contributed by atoms with Crippen LogP contribution in [-0.4, -0.2) is 68.3 Å². The Kier molecular flexibility index (Phi) is 14.0. The van der Waals surface area contributed by atoms with E-state index in [1.807, 2.05) is 0 Å². The molecular formula is C24H44O12S2. The summed E-state index contributed by atoms with van der Waals surface area (Å²) in [6, 6.07) is 0. The molecular weight excluding hydrogens is 544 g/mol. The highest BCUT2D eigenvalue weighted by molar-refractivity contribution is 8.05. The van der Waals surface area contributed by atoms with Crippen molar-refractivity contribution in [3.63, 3.8) is 0 Å². The average molecular weight is 589 g/mol. The standard InChI is InChI=1S/C24H44O12S2/c1-2-3-4-5-6-7-8-9-10-11-12-13-14-15-16-17-18-23(20(26)19(25)21(27)36-23)22(28)24(29,37(30,31)32)38(33,34)35/h22,25-26,28-29H,2-18H2,1H3,(H,30,31,32)(H,33,34,35)/t22-,23+/m1/s1. The molecule has 1 heterocycles. The fraction of sp³-hybridized carbons (Fsp3) is 0.875. The topological polar surface area (TPSA) is 216 Å². The van der Waals surface area contributed by atoms with Gasteiger partial charge in [0.25, 0.3) is 0 Å². The zero-order valence-electron chi connectivity index (χ0n) is 22.0. The van der Waals surface area contributed by atoms with Crippen LogP contribution in [0.5, 0.6) is 0 Å². The van der Waals surface area contributed by atoms with Crippen LogP contribution in [-0.2, 0) is 29.8 Å². The minimum atomic E-state index is -6.16. The van der Waals surface area contributed by atoms with Crippen molar-refractivity contribution >= 4 is 26.2 Å². The van der Waals surface area contributed by atoms with Crippen LogP contribution in [0.4, 0.5) is 0 Å². The van der Waals surface area contributed by atoms with E-state index in [9.17, 15) is 51.2 Å². The molecule has 2 atom stereocenters. The SMILES string of the molecule is CCCCCCCCCCCCCCCCCC[C@]1([C@@H](O)C(O)(S(=O)(=O)O)S(=O)(=O)O)OC(=O)C(O)=C1O. The Morgan fingerprint density at radius 3 is 1.37 bits per heavy atom. The number of esters is 1. The third-order valence-electron chi connectivity index (χ3n) is 7.02. The molecule has 0 aromatic rings. The van der Waals surface area contributed by atoms with Crippen molar-refractivity contribution in [2.75, 3.05) is 0 Å². The number of unbranched alkanes of at least 4 members (excludes halogenated alkanes) is 15. The quantitative estimate of drug-likeness (QED) is 0.0636. The molecule has 0 fully saturated rings. The minimum Gasteiger partial charge on any atom is -0.505 e. The lowest BCUT2D eigenvalue weighted by Crippen LogP contribution is -2.64. The summed E-state index contributed by atoms with van der Waals surface area (Å²) in [4.78, 5) is 11.8. The molecule has 38 heavy (non-hydrogen) atoms. The van der Waals surface area contributed by atoms with Crippen molar-refractivity contribution in [1.82, 2.24) is 0 Å². The van der Waals surface area contributed by atoms with Gasteiger partial charge < -0.3 is 25.2 Å². The van der Waals surface area contributed by atoms with Gasteiger partial charge >= 0.3 is 30.5 Å². The van der Waals surface area contributed by atoms with Gasteiger partial charge in [-0.1, -0.05) is 103 Å². The second kappa shape index (κ2) is 15.4. The largest absolute Gasteiger partial charge is 0.505 e. The molecule has 1 aliphatic rings. The van der Waals surface area contributed by atoms with Crippen molar-refractivity contribution in [3.05, 3.63) is 11.5 Å². The maximum absolute atomic E-state index is 11.8. The zero-order chi connectivity index (χ0) is 29.0. The second-order valence-electron chi connectivity index (χ2n) is 10.0. The van der Waals surface area contributed by atoms with E-state index in [-0.39, 0.29) is 6.42 Å². The van der Waals surface area contributed by atoms with E-state index in [1.54, 1.807) is 0 Å². The predicted octanol–water partition coefficient (Wildman–Crippen LogP) is 4.04. The molecule has 0 saturated heterocycles. The average Bonchev–Trinajstić information content (AvgIpc) is 3.05. The Labute approximate surface area is 225 Å². The van der Waals surface area contributed by atoms with Gasteiger partial charge in [-0.2, -0.15) is 16.8 Å². The molecule has 0 unspecified atom stereocenters. The number of carbonyl (C=O) groups is 1. The molecule has 0 aromatic carbocycles. The summed E-state index contributed by atoms with van der Waals surface area (Å²) in [7, 11) is -12.3. The van der Waals surface area contributed by atoms with Crippen LogP contribution in [0.1, 0.15) is 116 Å². The molecule has 0 radical (unpaired) electrons. The van der Waals surface area contributed by atoms with Gasteiger partial charge in [0.2, 0.25) is 11.4 Å². The Balaban J connectivity index is 2.53. The number of ether oxygens (including phenoxy) is 1. The molecule has 14 heteroatoms. The van der Waals surface area contributed by atoms with Crippen molar-refractivity contribution in [2.45, 2.75) is 132 Å². The van der Waals surface area contributed by atoms with Crippen molar-refractivity contribution in [1.29, 1.82) is 0 Å². The summed E-state index contributed by atoms with van der Waals surface area (Å²) in [5.74, 6) is -4.48. The van der Waals surface area contributed by atoms with Crippen LogP contribution in [0.15, 0.2) is 11.5 Å². The van der Waals surface area contributed by atoms with Gasteiger partial charge in [-0.05, 0) is 12.8 Å². The summed E-state index contributed by atoms with van der Waals surface area (Å²) in [6.07, 6.45) is 12.7. The van der Waals surface area contributed by atoms with Gasteiger partial charge in [0.15, 0.2) is 11.9 Å². The fourth-order valence-electron chi connectivity index (χ4n) is 4.70. The van der Waals surface area contributed by atoms with Gasteiger partial charge in [-0.3, -0.25) is 9.11 Å². The maximum Gasteiger partial charge on any atom is 0.378 e. The highest BCUT2D eigenvalue weighted by atomic mass is 32.3. The van der Waals surface area contributed by atoms with Crippen LogP contribution in [0.2, 0.25) is 0 Å². The lowest BCUT2D eigenvalue weighted by Gasteiger charge is -2.38. The number of aliphatic hydroxyl groups excluding tert-OH is 3. The first-order chi connectivity index (χ1) is 17.7. The molecule has 6 N–H and O–H groups in total.